The zero-order valence-corrected chi connectivity index (χ0v) is 15.0. The van der Waals surface area contributed by atoms with Gasteiger partial charge in [0.05, 0.1) is 18.6 Å². The van der Waals surface area contributed by atoms with E-state index in [-0.39, 0.29) is 17.5 Å². The minimum Gasteiger partial charge on any atom is -0.486 e. The molecule has 2 aromatic rings. The minimum absolute atomic E-state index is 0.0199. The second-order valence-electron chi connectivity index (χ2n) is 6.62. The number of rotatable bonds is 5. The minimum atomic E-state index is -0.490. The summed E-state index contributed by atoms with van der Waals surface area (Å²) in [4.78, 5) is 25.1. The molecule has 1 aliphatic rings. The van der Waals surface area contributed by atoms with Crippen molar-refractivity contribution < 1.29 is 23.5 Å². The second-order valence-corrected chi connectivity index (χ2v) is 6.62. The van der Waals surface area contributed by atoms with Gasteiger partial charge in [0, 0.05) is 24.6 Å². The van der Waals surface area contributed by atoms with Crippen LogP contribution in [0.2, 0.25) is 0 Å². The first kappa shape index (κ1) is 17.5. The summed E-state index contributed by atoms with van der Waals surface area (Å²) in [6, 6.07) is 3.50. The van der Waals surface area contributed by atoms with Gasteiger partial charge in [0.25, 0.3) is 5.91 Å². The van der Waals surface area contributed by atoms with Gasteiger partial charge in [-0.1, -0.05) is 6.92 Å². The fourth-order valence-electron chi connectivity index (χ4n) is 3.17. The number of hydrogen-bond acceptors (Lipinski definition) is 5. The predicted octanol–water partition coefficient (Wildman–Crippen LogP) is 3.25. The monoisotopic (exact) mass is 345 g/mol. The molecule has 0 radical (unpaired) electrons. The summed E-state index contributed by atoms with van der Waals surface area (Å²) in [5, 5.41) is 3.41. The third-order valence-corrected chi connectivity index (χ3v) is 4.77. The molecular formula is C19H23NO5. The number of aryl methyl sites for hydroxylation is 1. The molecule has 2 heterocycles. The van der Waals surface area contributed by atoms with Crippen molar-refractivity contribution in [2.75, 3.05) is 20.3 Å². The number of nitrogens with one attached hydrogen (secondary N) is 1. The van der Waals surface area contributed by atoms with Crippen LogP contribution in [0.4, 0.5) is 0 Å². The van der Waals surface area contributed by atoms with E-state index in [1.54, 1.807) is 26.2 Å². The van der Waals surface area contributed by atoms with Crippen LogP contribution in [-0.2, 0) is 4.74 Å². The quantitative estimate of drug-likeness (QED) is 0.842. The number of hydrogen-bond donors (Lipinski definition) is 1. The Morgan fingerprint density at radius 3 is 2.84 bits per heavy atom. The highest BCUT2D eigenvalue weighted by molar-refractivity contribution is 6.13. The van der Waals surface area contributed by atoms with Gasteiger partial charge in [-0.15, -0.1) is 0 Å². The maximum Gasteiger partial charge on any atom is 0.287 e. The zero-order valence-electron chi connectivity index (χ0n) is 15.0. The van der Waals surface area contributed by atoms with Gasteiger partial charge >= 0.3 is 0 Å². The Kier molecular flexibility index (Phi) is 4.56. The van der Waals surface area contributed by atoms with E-state index in [0.717, 1.165) is 6.42 Å². The molecule has 0 spiro atoms. The van der Waals surface area contributed by atoms with Crippen LogP contribution in [-0.4, -0.2) is 37.6 Å². The number of Topliss-reactive ketones (excluding diaryl/α,β-unsaturated/α-hetero) is 1. The molecule has 1 atom stereocenters. The number of fused-ring (bicyclic) bond motifs is 3. The van der Waals surface area contributed by atoms with Crippen molar-refractivity contribution in [2.45, 2.75) is 39.2 Å². The molecule has 1 aromatic heterocycles. The first-order valence-electron chi connectivity index (χ1n) is 8.45. The van der Waals surface area contributed by atoms with Gasteiger partial charge in [0.15, 0.2) is 11.5 Å². The molecule has 0 aliphatic carbocycles. The van der Waals surface area contributed by atoms with E-state index < -0.39 is 5.60 Å². The SMILES string of the molecule is CCC1(C)CC(=O)c2c(ccc3oc(C(=O)NCCOC)c(C)c23)O1. The van der Waals surface area contributed by atoms with Crippen LogP contribution in [0, 0.1) is 6.92 Å². The summed E-state index contributed by atoms with van der Waals surface area (Å²) in [6.45, 7) is 6.54. The van der Waals surface area contributed by atoms with E-state index in [4.69, 9.17) is 13.9 Å². The topological polar surface area (TPSA) is 77.8 Å². The van der Waals surface area contributed by atoms with Crippen molar-refractivity contribution in [2.24, 2.45) is 0 Å². The Morgan fingerprint density at radius 2 is 2.16 bits per heavy atom. The molecule has 0 saturated carbocycles. The summed E-state index contributed by atoms with van der Waals surface area (Å²) in [5.74, 6) is 0.480. The number of methoxy groups -OCH3 is 1. The standard InChI is InChI=1S/C19H23NO5/c1-5-19(3)10-12(21)16-14(25-19)7-6-13-15(16)11(2)17(24-13)18(22)20-8-9-23-4/h6-7H,5,8-10H2,1-4H3,(H,20,22). The number of carbonyl (C=O) groups is 2. The van der Waals surface area contributed by atoms with E-state index in [2.05, 4.69) is 5.32 Å². The zero-order chi connectivity index (χ0) is 18.2. The molecule has 0 fully saturated rings. The molecule has 6 heteroatoms. The number of ether oxygens (including phenoxy) is 2. The summed E-state index contributed by atoms with van der Waals surface area (Å²) in [7, 11) is 1.57. The normalized spacial score (nSPS) is 19.6. The van der Waals surface area contributed by atoms with Gasteiger partial charge in [-0.25, -0.2) is 0 Å². The van der Waals surface area contributed by atoms with E-state index in [1.807, 2.05) is 13.8 Å². The third-order valence-electron chi connectivity index (χ3n) is 4.77. The molecule has 134 valence electrons. The van der Waals surface area contributed by atoms with Gasteiger partial charge in [-0.2, -0.15) is 0 Å². The van der Waals surface area contributed by atoms with Crippen LogP contribution in [0.5, 0.6) is 5.75 Å². The molecule has 3 rings (SSSR count). The molecule has 1 amide bonds. The number of carbonyl (C=O) groups excluding carboxylic acids is 2. The van der Waals surface area contributed by atoms with Gasteiger partial charge in [0.1, 0.15) is 16.9 Å². The van der Waals surface area contributed by atoms with Crippen molar-refractivity contribution in [3.63, 3.8) is 0 Å². The average Bonchev–Trinajstić information content (AvgIpc) is 2.92. The summed E-state index contributed by atoms with van der Waals surface area (Å²) >= 11 is 0. The lowest BCUT2D eigenvalue weighted by molar-refractivity contribution is 0.0503. The van der Waals surface area contributed by atoms with Crippen molar-refractivity contribution in [1.82, 2.24) is 5.32 Å². The van der Waals surface area contributed by atoms with E-state index in [9.17, 15) is 9.59 Å². The van der Waals surface area contributed by atoms with Crippen LogP contribution in [0.3, 0.4) is 0 Å². The lowest BCUT2D eigenvalue weighted by atomic mass is 9.87. The van der Waals surface area contributed by atoms with Gasteiger partial charge in [-0.3, -0.25) is 9.59 Å². The molecule has 1 N–H and O–H groups in total. The van der Waals surface area contributed by atoms with Crippen LogP contribution in [0.25, 0.3) is 11.0 Å². The second kappa shape index (κ2) is 6.52. The van der Waals surface area contributed by atoms with Gasteiger partial charge in [0.2, 0.25) is 0 Å². The number of ketones is 1. The van der Waals surface area contributed by atoms with E-state index in [1.165, 1.54) is 0 Å². The highest BCUT2D eigenvalue weighted by atomic mass is 16.5. The molecule has 25 heavy (non-hydrogen) atoms. The maximum absolute atomic E-state index is 12.8. The summed E-state index contributed by atoms with van der Waals surface area (Å²) < 4.78 is 16.7. The Hall–Kier alpha value is -2.34. The lowest BCUT2D eigenvalue weighted by Gasteiger charge is -2.34. The first-order valence-corrected chi connectivity index (χ1v) is 8.45. The predicted molar refractivity (Wildman–Crippen MR) is 93.4 cm³/mol. The van der Waals surface area contributed by atoms with Crippen LogP contribution < -0.4 is 10.1 Å². The Labute approximate surface area is 146 Å². The largest absolute Gasteiger partial charge is 0.486 e. The molecule has 0 bridgehead atoms. The lowest BCUT2D eigenvalue weighted by Crippen LogP contribution is -2.38. The van der Waals surface area contributed by atoms with Crippen molar-refractivity contribution in [3.05, 3.63) is 29.0 Å². The van der Waals surface area contributed by atoms with Gasteiger partial charge in [-0.05, 0) is 32.4 Å². The molecule has 6 nitrogen and oxygen atoms in total. The van der Waals surface area contributed by atoms with Crippen LogP contribution in [0.1, 0.15) is 53.2 Å². The Bertz CT molecular complexity index is 838. The third kappa shape index (κ3) is 3.02. The molecule has 1 aromatic carbocycles. The van der Waals surface area contributed by atoms with Gasteiger partial charge < -0.3 is 19.2 Å². The molecule has 1 aliphatic heterocycles. The molecule has 1 unspecified atom stereocenters. The highest BCUT2D eigenvalue weighted by Gasteiger charge is 2.37. The van der Waals surface area contributed by atoms with E-state index >= 15 is 0 Å². The maximum atomic E-state index is 12.8. The average molecular weight is 345 g/mol. The van der Waals surface area contributed by atoms with Crippen molar-refractivity contribution in [3.8, 4) is 5.75 Å². The fraction of sp³-hybridized carbons (Fsp3) is 0.474. The number of amides is 1. The smallest absolute Gasteiger partial charge is 0.287 e. The molecular weight excluding hydrogens is 322 g/mol. The first-order chi connectivity index (χ1) is 11.9. The molecule has 0 saturated heterocycles. The number of furan rings is 1. The van der Waals surface area contributed by atoms with Crippen molar-refractivity contribution >= 4 is 22.7 Å². The van der Waals surface area contributed by atoms with Crippen LogP contribution in [0.15, 0.2) is 16.5 Å². The van der Waals surface area contributed by atoms with Crippen molar-refractivity contribution in [1.29, 1.82) is 0 Å². The fourth-order valence-corrected chi connectivity index (χ4v) is 3.17. The summed E-state index contributed by atoms with van der Waals surface area (Å²) in [5.41, 5.74) is 1.19. The van der Waals surface area contributed by atoms with Crippen LogP contribution >= 0.6 is 0 Å². The highest BCUT2D eigenvalue weighted by Crippen LogP contribution is 2.41. The number of benzene rings is 1. The van der Waals surface area contributed by atoms with E-state index in [0.29, 0.717) is 47.4 Å². The summed E-state index contributed by atoms with van der Waals surface area (Å²) in [6.07, 6.45) is 1.06. The Morgan fingerprint density at radius 1 is 1.40 bits per heavy atom. The Balaban J connectivity index is 2.04.